The van der Waals surface area contributed by atoms with Crippen LogP contribution in [0.2, 0.25) is 0 Å². The van der Waals surface area contributed by atoms with E-state index in [1.165, 1.54) is 12.1 Å². The van der Waals surface area contributed by atoms with Crippen molar-refractivity contribution in [2.24, 2.45) is 5.73 Å². The van der Waals surface area contributed by atoms with E-state index >= 15 is 0 Å². The van der Waals surface area contributed by atoms with Crippen molar-refractivity contribution in [3.8, 4) is 0 Å². The van der Waals surface area contributed by atoms with Gasteiger partial charge in [0.15, 0.2) is 0 Å². The zero-order valence-electron chi connectivity index (χ0n) is 9.20. The maximum Gasteiger partial charge on any atom is 0.416 e. The largest absolute Gasteiger partial charge is 0.416 e. The quantitative estimate of drug-likeness (QED) is 0.869. The number of hydrogen-bond acceptors (Lipinski definition) is 2. The first-order valence-electron chi connectivity index (χ1n) is 5.53. The van der Waals surface area contributed by atoms with E-state index in [9.17, 15) is 13.2 Å². The van der Waals surface area contributed by atoms with Crippen LogP contribution in [0.25, 0.3) is 0 Å². The SMILES string of the molecule is NC[C@H]1CC[C@H](c2ccc(C(F)(F)F)cc2)O1. The third-order valence-corrected chi connectivity index (χ3v) is 2.98. The average molecular weight is 245 g/mol. The third kappa shape index (κ3) is 2.79. The highest BCUT2D eigenvalue weighted by atomic mass is 19.4. The molecule has 2 atom stereocenters. The maximum atomic E-state index is 12.4. The van der Waals surface area contributed by atoms with Crippen molar-refractivity contribution in [1.29, 1.82) is 0 Å². The molecule has 0 bridgehead atoms. The summed E-state index contributed by atoms with van der Waals surface area (Å²) in [5.41, 5.74) is 5.64. The van der Waals surface area contributed by atoms with Gasteiger partial charge in [-0.15, -0.1) is 0 Å². The number of ether oxygens (including phenoxy) is 1. The summed E-state index contributed by atoms with van der Waals surface area (Å²) in [6, 6.07) is 5.14. The molecule has 0 aliphatic carbocycles. The fourth-order valence-corrected chi connectivity index (χ4v) is 2.01. The molecular formula is C12H14F3NO. The lowest BCUT2D eigenvalue weighted by Gasteiger charge is -2.13. The van der Waals surface area contributed by atoms with E-state index < -0.39 is 11.7 Å². The highest BCUT2D eigenvalue weighted by molar-refractivity contribution is 5.26. The predicted molar refractivity (Wildman–Crippen MR) is 57.3 cm³/mol. The van der Waals surface area contributed by atoms with Gasteiger partial charge in [0.1, 0.15) is 0 Å². The lowest BCUT2D eigenvalue weighted by atomic mass is 10.0. The standard InChI is InChI=1S/C12H14F3NO/c13-12(14,15)9-3-1-8(2-4-9)11-6-5-10(7-16)17-11/h1-4,10-11H,5-7,16H2/t10-,11-/m1/s1. The molecule has 0 amide bonds. The topological polar surface area (TPSA) is 35.2 Å². The predicted octanol–water partition coefficient (Wildman–Crippen LogP) is 2.88. The van der Waals surface area contributed by atoms with E-state index in [2.05, 4.69) is 0 Å². The summed E-state index contributed by atoms with van der Waals surface area (Å²) in [6.07, 6.45) is -2.70. The number of hydrogen-bond donors (Lipinski definition) is 1. The Morgan fingerprint density at radius 2 is 1.82 bits per heavy atom. The molecule has 1 aliphatic heterocycles. The molecular weight excluding hydrogens is 231 g/mol. The van der Waals surface area contributed by atoms with Gasteiger partial charge in [0.2, 0.25) is 0 Å². The fraction of sp³-hybridized carbons (Fsp3) is 0.500. The van der Waals surface area contributed by atoms with E-state index in [-0.39, 0.29) is 12.2 Å². The Balaban J connectivity index is 2.09. The first-order chi connectivity index (χ1) is 8.00. The third-order valence-electron chi connectivity index (χ3n) is 2.98. The summed E-state index contributed by atoms with van der Waals surface area (Å²) < 4.78 is 42.7. The van der Waals surface area contributed by atoms with Crippen molar-refractivity contribution in [3.05, 3.63) is 35.4 Å². The van der Waals surface area contributed by atoms with Gasteiger partial charge in [0.05, 0.1) is 17.8 Å². The molecule has 17 heavy (non-hydrogen) atoms. The summed E-state index contributed by atoms with van der Waals surface area (Å²) in [6.45, 7) is 0.455. The van der Waals surface area contributed by atoms with E-state index in [4.69, 9.17) is 10.5 Å². The molecule has 0 aromatic heterocycles. The maximum absolute atomic E-state index is 12.4. The highest BCUT2D eigenvalue weighted by Crippen LogP contribution is 2.34. The minimum atomic E-state index is -4.28. The molecule has 0 unspecified atom stereocenters. The molecule has 0 saturated carbocycles. The second-order valence-electron chi connectivity index (χ2n) is 4.18. The molecule has 2 nitrogen and oxygen atoms in total. The van der Waals surface area contributed by atoms with Crippen LogP contribution < -0.4 is 5.73 Å². The molecule has 1 aromatic rings. The van der Waals surface area contributed by atoms with Crippen LogP contribution in [0.1, 0.15) is 30.1 Å². The van der Waals surface area contributed by atoms with Crippen LogP contribution in [-0.2, 0) is 10.9 Å². The smallest absolute Gasteiger partial charge is 0.369 e. The van der Waals surface area contributed by atoms with Crippen LogP contribution in [0, 0.1) is 0 Å². The van der Waals surface area contributed by atoms with Crippen LogP contribution >= 0.6 is 0 Å². The summed E-state index contributed by atoms with van der Waals surface area (Å²) in [4.78, 5) is 0. The molecule has 2 N–H and O–H groups in total. The van der Waals surface area contributed by atoms with Crippen molar-refractivity contribution in [1.82, 2.24) is 0 Å². The van der Waals surface area contributed by atoms with Gasteiger partial charge in [-0.2, -0.15) is 13.2 Å². The van der Waals surface area contributed by atoms with Gasteiger partial charge < -0.3 is 10.5 Å². The Kier molecular flexibility index (Phi) is 3.40. The van der Waals surface area contributed by atoms with E-state index in [1.54, 1.807) is 0 Å². The number of nitrogens with two attached hydrogens (primary N) is 1. The Bertz CT molecular complexity index is 374. The van der Waals surface area contributed by atoms with Gasteiger partial charge in [-0.25, -0.2) is 0 Å². The van der Waals surface area contributed by atoms with Crippen LogP contribution in [0.4, 0.5) is 13.2 Å². The van der Waals surface area contributed by atoms with Crippen LogP contribution in [-0.4, -0.2) is 12.6 Å². The second-order valence-corrected chi connectivity index (χ2v) is 4.18. The van der Waals surface area contributed by atoms with Gasteiger partial charge in [-0.3, -0.25) is 0 Å². The lowest BCUT2D eigenvalue weighted by Crippen LogP contribution is -2.18. The highest BCUT2D eigenvalue weighted by Gasteiger charge is 2.31. The molecule has 0 radical (unpaired) electrons. The van der Waals surface area contributed by atoms with Crippen molar-refractivity contribution >= 4 is 0 Å². The van der Waals surface area contributed by atoms with Crippen LogP contribution in [0.3, 0.4) is 0 Å². The van der Waals surface area contributed by atoms with Crippen LogP contribution in [0.5, 0.6) is 0 Å². The molecule has 94 valence electrons. The zero-order valence-corrected chi connectivity index (χ0v) is 9.20. The molecule has 1 heterocycles. The number of halogens is 3. The van der Waals surface area contributed by atoms with Crippen molar-refractivity contribution in [2.75, 3.05) is 6.54 Å². The van der Waals surface area contributed by atoms with Gasteiger partial charge in [-0.1, -0.05) is 12.1 Å². The Morgan fingerprint density at radius 1 is 1.18 bits per heavy atom. The first-order valence-corrected chi connectivity index (χ1v) is 5.53. The summed E-state index contributed by atoms with van der Waals surface area (Å²) >= 11 is 0. The normalized spacial score (nSPS) is 25.2. The lowest BCUT2D eigenvalue weighted by molar-refractivity contribution is -0.137. The molecule has 5 heteroatoms. The van der Waals surface area contributed by atoms with E-state index in [0.29, 0.717) is 6.54 Å². The minimum absolute atomic E-state index is 0.0299. The number of alkyl halides is 3. The molecule has 1 aromatic carbocycles. The summed E-state index contributed by atoms with van der Waals surface area (Å²) in [7, 11) is 0. The minimum Gasteiger partial charge on any atom is -0.369 e. The van der Waals surface area contributed by atoms with Crippen molar-refractivity contribution in [3.63, 3.8) is 0 Å². The van der Waals surface area contributed by atoms with Crippen molar-refractivity contribution in [2.45, 2.75) is 31.2 Å². The fourth-order valence-electron chi connectivity index (χ4n) is 2.01. The zero-order chi connectivity index (χ0) is 12.5. The summed E-state index contributed by atoms with van der Waals surface area (Å²) in [5.74, 6) is 0. The Morgan fingerprint density at radius 3 is 2.29 bits per heavy atom. The van der Waals surface area contributed by atoms with Crippen molar-refractivity contribution < 1.29 is 17.9 Å². The molecule has 2 rings (SSSR count). The average Bonchev–Trinajstić information content (AvgIpc) is 2.76. The first kappa shape index (κ1) is 12.4. The molecule has 1 aliphatic rings. The molecule has 0 spiro atoms. The Hall–Kier alpha value is -1.07. The van der Waals surface area contributed by atoms with E-state index in [1.807, 2.05) is 0 Å². The Labute approximate surface area is 97.6 Å². The van der Waals surface area contributed by atoms with E-state index in [0.717, 1.165) is 30.5 Å². The number of benzene rings is 1. The second kappa shape index (κ2) is 4.66. The monoisotopic (exact) mass is 245 g/mol. The van der Waals surface area contributed by atoms with Gasteiger partial charge in [0.25, 0.3) is 0 Å². The number of rotatable bonds is 2. The van der Waals surface area contributed by atoms with Gasteiger partial charge >= 0.3 is 6.18 Å². The summed E-state index contributed by atoms with van der Waals surface area (Å²) in [5, 5.41) is 0. The van der Waals surface area contributed by atoms with Crippen LogP contribution in [0.15, 0.2) is 24.3 Å². The van der Waals surface area contributed by atoms with Gasteiger partial charge in [0, 0.05) is 6.54 Å². The van der Waals surface area contributed by atoms with Gasteiger partial charge in [-0.05, 0) is 30.5 Å². The molecule has 1 fully saturated rings. The molecule has 1 saturated heterocycles.